The molecule has 0 radical (unpaired) electrons. The summed E-state index contributed by atoms with van der Waals surface area (Å²) in [5, 5.41) is 14.4. The van der Waals surface area contributed by atoms with Gasteiger partial charge >= 0.3 is 12.1 Å². The van der Waals surface area contributed by atoms with E-state index in [1.807, 2.05) is 13.0 Å². The molecule has 13 nitrogen and oxygen atoms in total. The van der Waals surface area contributed by atoms with Crippen molar-refractivity contribution >= 4 is 53.8 Å². The van der Waals surface area contributed by atoms with E-state index < -0.39 is 65.7 Å². The van der Waals surface area contributed by atoms with Crippen LogP contribution in [0.25, 0.3) is 0 Å². The van der Waals surface area contributed by atoms with Crippen LogP contribution < -0.4 is 15.0 Å². The fraction of sp³-hybridized carbons (Fsp3) is 0.600. The number of halogens is 1. The van der Waals surface area contributed by atoms with Gasteiger partial charge < -0.3 is 38.6 Å². The van der Waals surface area contributed by atoms with Gasteiger partial charge in [-0.25, -0.2) is 9.59 Å². The van der Waals surface area contributed by atoms with Gasteiger partial charge in [-0.2, -0.15) is 12.6 Å². The third kappa shape index (κ3) is 8.42. The highest BCUT2D eigenvalue weighted by Gasteiger charge is 2.64. The van der Waals surface area contributed by atoms with Gasteiger partial charge in [0.2, 0.25) is 11.8 Å². The van der Waals surface area contributed by atoms with Crippen LogP contribution in [0, 0.1) is 5.92 Å². The Labute approximate surface area is 303 Å². The van der Waals surface area contributed by atoms with Crippen LogP contribution in [0.15, 0.2) is 35.9 Å². The molecule has 3 aliphatic rings. The molecular formula is C35H48ClN3O10S. The Morgan fingerprint density at radius 1 is 1.28 bits per heavy atom. The topological polar surface area (TPSA) is 156 Å². The smallest absolute Gasteiger partial charge is 0.409 e. The van der Waals surface area contributed by atoms with Crippen LogP contribution >= 0.6 is 24.2 Å². The van der Waals surface area contributed by atoms with Crippen LogP contribution in [0.2, 0.25) is 5.02 Å². The van der Waals surface area contributed by atoms with Crippen molar-refractivity contribution in [3.8, 4) is 5.75 Å². The van der Waals surface area contributed by atoms with Gasteiger partial charge in [-0.05, 0) is 50.6 Å². The average Bonchev–Trinajstić information content (AvgIpc) is 3.76. The third-order valence-electron chi connectivity index (χ3n) is 9.85. The maximum Gasteiger partial charge on any atom is 0.409 e. The van der Waals surface area contributed by atoms with E-state index >= 15 is 0 Å². The molecular weight excluding hydrogens is 690 g/mol. The van der Waals surface area contributed by atoms with E-state index in [9.17, 15) is 24.3 Å². The number of nitrogens with zero attached hydrogens (tertiary/aromatic N) is 2. The van der Waals surface area contributed by atoms with Gasteiger partial charge in [-0.15, -0.1) is 0 Å². The first kappa shape index (κ1) is 39.5. The molecule has 0 spiro atoms. The number of aliphatic hydroxyl groups is 1. The summed E-state index contributed by atoms with van der Waals surface area (Å²) in [4.78, 5) is 55.6. The van der Waals surface area contributed by atoms with Gasteiger partial charge in [0.05, 0.1) is 25.3 Å². The molecule has 2 N–H and O–H groups in total. The summed E-state index contributed by atoms with van der Waals surface area (Å²) < 4.78 is 29.0. The molecule has 50 heavy (non-hydrogen) atoms. The molecule has 0 aliphatic carbocycles. The summed E-state index contributed by atoms with van der Waals surface area (Å²) in [5.74, 6) is -1.30. The minimum atomic E-state index is -1.82. The summed E-state index contributed by atoms with van der Waals surface area (Å²) in [5.41, 5.74) is -0.903. The molecule has 3 heterocycles. The number of ether oxygens (including phenoxy) is 5. The number of anilines is 1. The quantitative estimate of drug-likeness (QED) is 0.214. The fourth-order valence-corrected chi connectivity index (χ4v) is 6.99. The minimum absolute atomic E-state index is 0.0489. The monoisotopic (exact) mass is 737 g/mol. The number of amides is 3. The molecule has 2 unspecified atom stereocenters. The van der Waals surface area contributed by atoms with Crippen molar-refractivity contribution in [2.24, 2.45) is 5.92 Å². The van der Waals surface area contributed by atoms with Gasteiger partial charge in [0.25, 0.3) is 0 Å². The number of hydrogen-bond acceptors (Lipinski definition) is 11. The number of nitrogens with one attached hydrogen (secondary N) is 1. The second-order valence-electron chi connectivity index (χ2n) is 13.4. The Morgan fingerprint density at radius 2 is 1.98 bits per heavy atom. The molecule has 2 fully saturated rings. The SMILES string of the molecule is COc1cc2cc(c1Cl)N(C)C(=O)CC(OC(=O)[C@H](C)N(C)C(=O)CCS)[C@]1(C)O[C@H]1[C@H](C)[C@@H]1C[C@@](O)(NC(=O)O1)C(OC)/C=C/C=C(\C)C2. The zero-order valence-electron chi connectivity index (χ0n) is 29.7. The lowest BCUT2D eigenvalue weighted by atomic mass is 9.83. The van der Waals surface area contributed by atoms with Crippen LogP contribution in [-0.2, 0) is 39.8 Å². The highest BCUT2D eigenvalue weighted by Crippen LogP contribution is 2.49. The molecule has 3 aliphatic heterocycles. The van der Waals surface area contributed by atoms with Crippen molar-refractivity contribution in [3.05, 3.63) is 46.5 Å². The normalized spacial score (nSPS) is 32.3. The number of fused-ring (bicyclic) bond motifs is 5. The Kier molecular flexibility index (Phi) is 12.6. The Hall–Kier alpha value is -3.30. The molecule has 1 aromatic carbocycles. The standard InChI is InChI=1S/C35H48ClN3O10S/c1-19-10-9-11-26(46-8)35(44)18-25(47-33(43)37-35)20(2)31-34(4,49-31)27(48-32(42)21(3)38(5)28(40)12-13-50)17-29(41)39(6)23-15-22(14-19)16-24(45-7)30(23)36/h9-11,15-16,20-21,25-27,31,44,50H,12-14,17-18H2,1-8H3,(H,37,43)/b11-9+,19-10+/t20-,21+,25+,26?,27?,31+,34+,35+/m1/s1. The largest absolute Gasteiger partial charge is 0.495 e. The van der Waals surface area contributed by atoms with E-state index in [4.69, 9.17) is 35.3 Å². The molecule has 4 rings (SSSR count). The maximum absolute atomic E-state index is 14.0. The third-order valence-corrected chi connectivity index (χ3v) is 10.5. The molecule has 1 aromatic rings. The Morgan fingerprint density at radius 3 is 2.62 bits per heavy atom. The zero-order chi connectivity index (χ0) is 37.1. The minimum Gasteiger partial charge on any atom is -0.495 e. The summed E-state index contributed by atoms with van der Waals surface area (Å²) in [6.07, 6.45) is 1.08. The van der Waals surface area contributed by atoms with Crippen LogP contribution in [0.3, 0.4) is 0 Å². The van der Waals surface area contributed by atoms with Crippen molar-refractivity contribution in [2.75, 3.05) is 39.0 Å². The Balaban J connectivity index is 1.78. The van der Waals surface area contributed by atoms with Crippen molar-refractivity contribution in [3.63, 3.8) is 0 Å². The summed E-state index contributed by atoms with van der Waals surface area (Å²) in [6.45, 7) is 6.96. The molecule has 3 amide bonds. The van der Waals surface area contributed by atoms with Crippen LogP contribution in [0.1, 0.15) is 52.5 Å². The summed E-state index contributed by atoms with van der Waals surface area (Å²) in [6, 6.07) is 2.60. The number of rotatable bonds is 7. The van der Waals surface area contributed by atoms with Gasteiger partial charge in [0.15, 0.2) is 5.72 Å². The Bertz CT molecular complexity index is 1540. The number of epoxide rings is 1. The lowest BCUT2D eigenvalue weighted by Gasteiger charge is -2.42. The van der Waals surface area contributed by atoms with Crippen molar-refractivity contribution in [1.29, 1.82) is 0 Å². The number of alkyl carbamates (subject to hydrolysis) is 1. The molecule has 8 atom stereocenters. The number of allylic oxidation sites excluding steroid dienone is 3. The van der Waals surface area contributed by atoms with E-state index in [0.29, 0.717) is 23.6 Å². The molecule has 15 heteroatoms. The highest BCUT2D eigenvalue weighted by molar-refractivity contribution is 7.80. The summed E-state index contributed by atoms with van der Waals surface area (Å²) in [7, 11) is 5.98. The number of thiol groups is 1. The number of likely N-dealkylation sites (N-methyl/N-ethyl adjacent to an activating group) is 1. The van der Waals surface area contributed by atoms with Crippen molar-refractivity contribution < 1.29 is 48.0 Å². The summed E-state index contributed by atoms with van der Waals surface area (Å²) >= 11 is 10.8. The zero-order valence-corrected chi connectivity index (χ0v) is 31.4. The number of hydrogen-bond donors (Lipinski definition) is 3. The molecule has 4 bridgehead atoms. The van der Waals surface area contributed by atoms with E-state index in [1.54, 1.807) is 45.2 Å². The number of carbonyl (C=O) groups is 4. The molecule has 0 aromatic heterocycles. The van der Waals surface area contributed by atoms with E-state index in [1.165, 1.54) is 38.0 Å². The van der Waals surface area contributed by atoms with Gasteiger partial charge in [-0.1, -0.05) is 42.3 Å². The lowest BCUT2D eigenvalue weighted by molar-refractivity contribution is -0.161. The predicted molar refractivity (Wildman–Crippen MR) is 189 cm³/mol. The molecule has 2 saturated heterocycles. The molecule has 276 valence electrons. The van der Waals surface area contributed by atoms with Gasteiger partial charge in [-0.3, -0.25) is 14.9 Å². The number of benzene rings is 1. The van der Waals surface area contributed by atoms with Crippen molar-refractivity contribution in [2.45, 2.75) is 95.2 Å². The van der Waals surface area contributed by atoms with E-state index in [-0.39, 0.29) is 30.2 Å². The van der Waals surface area contributed by atoms with Crippen molar-refractivity contribution in [1.82, 2.24) is 10.2 Å². The number of methoxy groups -OCH3 is 2. The van der Waals surface area contributed by atoms with Gasteiger partial charge in [0.1, 0.15) is 40.7 Å². The van der Waals surface area contributed by atoms with Crippen LogP contribution in [0.5, 0.6) is 5.75 Å². The fourth-order valence-electron chi connectivity index (χ4n) is 6.49. The van der Waals surface area contributed by atoms with Gasteiger partial charge in [0, 0.05) is 40.0 Å². The highest BCUT2D eigenvalue weighted by atomic mass is 35.5. The first-order valence-electron chi connectivity index (χ1n) is 16.4. The average molecular weight is 738 g/mol. The second kappa shape index (κ2) is 15.9. The second-order valence-corrected chi connectivity index (χ2v) is 14.2. The lowest BCUT2D eigenvalue weighted by Crippen LogP contribution is -2.63. The van der Waals surface area contributed by atoms with E-state index in [2.05, 4.69) is 17.9 Å². The molecule has 0 saturated carbocycles. The van der Waals surface area contributed by atoms with E-state index in [0.717, 1.165) is 11.1 Å². The maximum atomic E-state index is 14.0. The first-order valence-corrected chi connectivity index (χ1v) is 17.5. The predicted octanol–water partition coefficient (Wildman–Crippen LogP) is 3.83. The number of esters is 1. The number of carbonyl (C=O) groups excluding carboxylic acids is 4. The van der Waals surface area contributed by atoms with Crippen LogP contribution in [0.4, 0.5) is 10.5 Å². The van der Waals surface area contributed by atoms with Crippen LogP contribution in [-0.4, -0.2) is 110 Å². The first-order chi connectivity index (χ1) is 23.5.